The van der Waals surface area contributed by atoms with Crippen LogP contribution in [-0.4, -0.2) is 37.1 Å². The minimum Gasteiger partial charge on any atom is -0.311 e. The molecular weight excluding hydrogens is 196 g/mol. The van der Waals surface area contributed by atoms with E-state index < -0.39 is 0 Å². The molecule has 1 rings (SSSR count). The van der Waals surface area contributed by atoms with Crippen molar-refractivity contribution in [3.8, 4) is 0 Å². The van der Waals surface area contributed by atoms with Crippen molar-refractivity contribution in [3.63, 3.8) is 0 Å². The molecular formula is C14H30N2. The minimum atomic E-state index is 0.470. The van der Waals surface area contributed by atoms with E-state index in [2.05, 4.69) is 44.8 Å². The van der Waals surface area contributed by atoms with Gasteiger partial charge in [0.25, 0.3) is 0 Å². The zero-order chi connectivity index (χ0) is 12.2. The van der Waals surface area contributed by atoms with Crippen molar-refractivity contribution in [2.24, 2.45) is 11.3 Å². The van der Waals surface area contributed by atoms with Crippen LogP contribution in [-0.2, 0) is 0 Å². The first-order chi connectivity index (χ1) is 7.48. The summed E-state index contributed by atoms with van der Waals surface area (Å²) in [5.74, 6) is 0.799. The summed E-state index contributed by atoms with van der Waals surface area (Å²) in [6.07, 6.45) is 2.55. The van der Waals surface area contributed by atoms with Gasteiger partial charge in [-0.2, -0.15) is 0 Å². The van der Waals surface area contributed by atoms with E-state index in [1.165, 1.54) is 32.5 Å². The maximum absolute atomic E-state index is 3.66. The van der Waals surface area contributed by atoms with Gasteiger partial charge in [0.15, 0.2) is 0 Å². The first-order valence-electron chi connectivity index (χ1n) is 6.94. The Morgan fingerprint density at radius 1 is 1.38 bits per heavy atom. The van der Waals surface area contributed by atoms with Crippen LogP contribution in [0.1, 0.15) is 47.5 Å². The predicted octanol–water partition coefficient (Wildman–Crippen LogP) is 2.74. The van der Waals surface area contributed by atoms with Gasteiger partial charge in [-0.05, 0) is 17.8 Å². The fraction of sp³-hybridized carbons (Fsp3) is 1.00. The van der Waals surface area contributed by atoms with Gasteiger partial charge in [-0.25, -0.2) is 0 Å². The van der Waals surface area contributed by atoms with Gasteiger partial charge in [-0.15, -0.1) is 0 Å². The van der Waals surface area contributed by atoms with E-state index in [0.29, 0.717) is 11.5 Å². The fourth-order valence-corrected chi connectivity index (χ4v) is 2.37. The molecule has 0 aromatic heterocycles. The highest BCUT2D eigenvalue weighted by Crippen LogP contribution is 2.22. The summed E-state index contributed by atoms with van der Waals surface area (Å²) in [5, 5.41) is 3.66. The molecule has 0 aromatic rings. The molecule has 0 amide bonds. The van der Waals surface area contributed by atoms with Gasteiger partial charge in [-0.1, -0.05) is 41.0 Å². The van der Waals surface area contributed by atoms with Crippen LogP contribution >= 0.6 is 0 Å². The molecule has 1 saturated heterocycles. The summed E-state index contributed by atoms with van der Waals surface area (Å²) in [6.45, 7) is 16.6. The zero-order valence-corrected chi connectivity index (χ0v) is 11.8. The Hall–Kier alpha value is -0.0800. The van der Waals surface area contributed by atoms with Crippen molar-refractivity contribution in [2.75, 3.05) is 26.2 Å². The van der Waals surface area contributed by atoms with Gasteiger partial charge in [0, 0.05) is 32.2 Å². The lowest BCUT2D eigenvalue weighted by Gasteiger charge is -2.40. The van der Waals surface area contributed by atoms with Crippen LogP contribution in [0.2, 0.25) is 0 Å². The lowest BCUT2D eigenvalue weighted by atomic mass is 9.88. The quantitative estimate of drug-likeness (QED) is 0.775. The van der Waals surface area contributed by atoms with E-state index in [4.69, 9.17) is 0 Å². The highest BCUT2D eigenvalue weighted by atomic mass is 15.2. The molecule has 96 valence electrons. The molecule has 1 fully saturated rings. The molecule has 0 radical (unpaired) electrons. The molecule has 0 aromatic carbocycles. The summed E-state index contributed by atoms with van der Waals surface area (Å²) >= 11 is 0. The third-order valence-corrected chi connectivity index (χ3v) is 4.23. The Balaban J connectivity index is 2.44. The van der Waals surface area contributed by atoms with Crippen molar-refractivity contribution in [3.05, 3.63) is 0 Å². The monoisotopic (exact) mass is 226 g/mol. The molecule has 1 N–H and O–H groups in total. The molecule has 1 heterocycles. The summed E-state index contributed by atoms with van der Waals surface area (Å²) in [7, 11) is 0. The van der Waals surface area contributed by atoms with Gasteiger partial charge in [0.2, 0.25) is 0 Å². The van der Waals surface area contributed by atoms with Crippen LogP contribution < -0.4 is 5.32 Å². The third kappa shape index (κ3) is 4.06. The Morgan fingerprint density at radius 2 is 2.06 bits per heavy atom. The third-order valence-electron chi connectivity index (χ3n) is 4.23. The van der Waals surface area contributed by atoms with Crippen LogP contribution in [0.5, 0.6) is 0 Å². The Bertz CT molecular complexity index is 201. The molecule has 0 saturated carbocycles. The zero-order valence-electron chi connectivity index (χ0n) is 11.8. The van der Waals surface area contributed by atoms with Crippen molar-refractivity contribution in [2.45, 2.75) is 53.5 Å². The Kier molecular flexibility index (Phi) is 5.26. The molecule has 2 atom stereocenters. The summed E-state index contributed by atoms with van der Waals surface area (Å²) < 4.78 is 0. The van der Waals surface area contributed by atoms with Crippen LogP contribution in [0.25, 0.3) is 0 Å². The van der Waals surface area contributed by atoms with E-state index in [1.807, 2.05) is 0 Å². The number of rotatable bonds is 5. The first-order valence-corrected chi connectivity index (χ1v) is 6.94. The average molecular weight is 226 g/mol. The molecule has 0 aliphatic carbocycles. The standard InChI is InChI=1S/C14H30N2/c1-6-12(3)13-10-16(9-8-15-13)11-14(4,5)7-2/h12-13,15H,6-11H2,1-5H3. The SMILES string of the molecule is CCC(C)C1CN(CC(C)(C)CC)CCN1. The van der Waals surface area contributed by atoms with Gasteiger partial charge >= 0.3 is 0 Å². The van der Waals surface area contributed by atoms with Gasteiger partial charge in [0.05, 0.1) is 0 Å². The predicted molar refractivity (Wildman–Crippen MR) is 71.8 cm³/mol. The molecule has 2 unspecified atom stereocenters. The van der Waals surface area contributed by atoms with Crippen LogP contribution in [0, 0.1) is 11.3 Å². The van der Waals surface area contributed by atoms with Gasteiger partial charge in [0.1, 0.15) is 0 Å². The number of nitrogens with zero attached hydrogens (tertiary/aromatic N) is 1. The minimum absolute atomic E-state index is 0.470. The van der Waals surface area contributed by atoms with Crippen LogP contribution in [0.4, 0.5) is 0 Å². The van der Waals surface area contributed by atoms with E-state index in [1.54, 1.807) is 0 Å². The molecule has 0 bridgehead atoms. The normalized spacial score (nSPS) is 25.7. The summed E-state index contributed by atoms with van der Waals surface area (Å²) in [5.41, 5.74) is 0.470. The maximum Gasteiger partial charge on any atom is 0.0221 e. The van der Waals surface area contributed by atoms with E-state index in [0.717, 1.165) is 12.5 Å². The molecule has 2 nitrogen and oxygen atoms in total. The van der Waals surface area contributed by atoms with Crippen molar-refractivity contribution >= 4 is 0 Å². The lowest BCUT2D eigenvalue weighted by molar-refractivity contribution is 0.118. The van der Waals surface area contributed by atoms with E-state index in [-0.39, 0.29) is 0 Å². The van der Waals surface area contributed by atoms with Crippen molar-refractivity contribution in [1.29, 1.82) is 0 Å². The van der Waals surface area contributed by atoms with Gasteiger partial charge < -0.3 is 5.32 Å². The molecule has 2 heteroatoms. The molecule has 16 heavy (non-hydrogen) atoms. The van der Waals surface area contributed by atoms with E-state index >= 15 is 0 Å². The first kappa shape index (κ1) is 14.0. The summed E-state index contributed by atoms with van der Waals surface area (Å²) in [6, 6.07) is 0.700. The van der Waals surface area contributed by atoms with Crippen molar-refractivity contribution < 1.29 is 0 Å². The molecule has 1 aliphatic heterocycles. The maximum atomic E-state index is 3.66. The Labute approximate surface area is 102 Å². The van der Waals surface area contributed by atoms with E-state index in [9.17, 15) is 0 Å². The Morgan fingerprint density at radius 3 is 2.62 bits per heavy atom. The second-order valence-electron chi connectivity index (χ2n) is 6.20. The van der Waals surface area contributed by atoms with Crippen LogP contribution in [0.15, 0.2) is 0 Å². The number of nitrogens with one attached hydrogen (secondary N) is 1. The highest BCUT2D eigenvalue weighted by Gasteiger charge is 2.26. The second-order valence-corrected chi connectivity index (χ2v) is 6.20. The topological polar surface area (TPSA) is 15.3 Å². The summed E-state index contributed by atoms with van der Waals surface area (Å²) in [4.78, 5) is 2.65. The van der Waals surface area contributed by atoms with Crippen LogP contribution in [0.3, 0.4) is 0 Å². The molecule has 0 spiro atoms. The molecule has 1 aliphatic rings. The fourth-order valence-electron chi connectivity index (χ4n) is 2.37. The second kappa shape index (κ2) is 6.02. The smallest absolute Gasteiger partial charge is 0.0221 e. The lowest BCUT2D eigenvalue weighted by Crippen LogP contribution is -2.54. The average Bonchev–Trinajstić information content (AvgIpc) is 2.28. The number of hydrogen-bond donors (Lipinski definition) is 1. The van der Waals surface area contributed by atoms with Gasteiger partial charge in [-0.3, -0.25) is 4.90 Å². The highest BCUT2D eigenvalue weighted by molar-refractivity contribution is 4.84. The number of hydrogen-bond acceptors (Lipinski definition) is 2. The van der Waals surface area contributed by atoms with Crippen molar-refractivity contribution in [1.82, 2.24) is 10.2 Å². The largest absolute Gasteiger partial charge is 0.311 e. The number of piperazine rings is 1.